The number of nitrogens with zero attached hydrogens (tertiary/aromatic N) is 4. The Bertz CT molecular complexity index is 807. The molecule has 2 rings (SSSR count). The standard InChI is InChI=1S/C15H14F4N4O/c1-9(11-4-5-23-12(7-11)8-21-22-23)6-13(16)14(20-3)24-10(2)15(17,18)19/h4-8,10H,3H2,1-2H3/b9-6+,14-13-/t10-/m0/s1. The van der Waals surface area contributed by atoms with E-state index in [-0.39, 0.29) is 0 Å². The zero-order chi connectivity index (χ0) is 17.9. The van der Waals surface area contributed by atoms with Crippen LogP contribution in [-0.2, 0) is 4.74 Å². The minimum absolute atomic E-state index is 0.459. The third-order valence-electron chi connectivity index (χ3n) is 3.20. The van der Waals surface area contributed by atoms with Crippen molar-refractivity contribution in [3.05, 3.63) is 47.9 Å². The van der Waals surface area contributed by atoms with Crippen molar-refractivity contribution in [1.29, 1.82) is 0 Å². The molecule has 0 aliphatic rings. The topological polar surface area (TPSA) is 51.8 Å². The molecule has 0 saturated heterocycles. The number of pyridine rings is 1. The molecule has 2 aromatic rings. The van der Waals surface area contributed by atoms with Crippen LogP contribution in [-0.4, -0.2) is 33.8 Å². The molecule has 0 radical (unpaired) electrons. The van der Waals surface area contributed by atoms with E-state index in [1.165, 1.54) is 10.7 Å². The molecular formula is C15H14F4N4O. The van der Waals surface area contributed by atoms with Crippen LogP contribution in [0.2, 0.25) is 0 Å². The van der Waals surface area contributed by atoms with E-state index < -0.39 is 24.0 Å². The molecule has 0 saturated carbocycles. The molecule has 0 unspecified atom stereocenters. The van der Waals surface area contributed by atoms with Gasteiger partial charge in [-0.1, -0.05) is 5.21 Å². The van der Waals surface area contributed by atoms with Crippen molar-refractivity contribution in [1.82, 2.24) is 14.8 Å². The Hall–Kier alpha value is -2.71. The summed E-state index contributed by atoms with van der Waals surface area (Å²) in [4.78, 5) is 3.19. The zero-order valence-electron chi connectivity index (χ0n) is 12.9. The number of hydrogen-bond donors (Lipinski definition) is 0. The summed E-state index contributed by atoms with van der Waals surface area (Å²) in [5.41, 5.74) is 1.79. The average Bonchev–Trinajstić information content (AvgIpc) is 2.98. The normalized spacial score (nSPS) is 15.2. The molecule has 5 nitrogen and oxygen atoms in total. The highest BCUT2D eigenvalue weighted by molar-refractivity contribution is 5.69. The van der Waals surface area contributed by atoms with Gasteiger partial charge >= 0.3 is 6.18 Å². The highest BCUT2D eigenvalue weighted by Crippen LogP contribution is 2.27. The lowest BCUT2D eigenvalue weighted by atomic mass is 10.1. The van der Waals surface area contributed by atoms with Crippen LogP contribution in [0.1, 0.15) is 19.4 Å². The molecule has 0 aromatic carbocycles. The largest absolute Gasteiger partial charge is 0.463 e. The predicted molar refractivity (Wildman–Crippen MR) is 80.9 cm³/mol. The summed E-state index contributed by atoms with van der Waals surface area (Å²) in [7, 11) is 0. The number of rotatable bonds is 5. The molecule has 128 valence electrons. The Morgan fingerprint density at radius 1 is 1.46 bits per heavy atom. The van der Waals surface area contributed by atoms with Crippen LogP contribution >= 0.6 is 0 Å². The van der Waals surface area contributed by atoms with Gasteiger partial charge < -0.3 is 4.74 Å². The summed E-state index contributed by atoms with van der Waals surface area (Å²) in [6, 6.07) is 3.38. The SMILES string of the molecule is C=N/C(O[C@@H](C)C(F)(F)F)=C(F)\C=C(/C)c1ccn2nncc2c1. The van der Waals surface area contributed by atoms with E-state index in [2.05, 4.69) is 26.8 Å². The molecule has 9 heteroatoms. The van der Waals surface area contributed by atoms with Gasteiger partial charge in [0.05, 0.1) is 11.7 Å². The van der Waals surface area contributed by atoms with Gasteiger partial charge in [0, 0.05) is 6.20 Å². The molecule has 0 N–H and O–H groups in total. The molecule has 0 spiro atoms. The number of hydrogen-bond acceptors (Lipinski definition) is 4. The third kappa shape index (κ3) is 3.98. The highest BCUT2D eigenvalue weighted by Gasteiger charge is 2.38. The van der Waals surface area contributed by atoms with Gasteiger partial charge in [0.25, 0.3) is 0 Å². The van der Waals surface area contributed by atoms with Crippen molar-refractivity contribution in [3.8, 4) is 0 Å². The van der Waals surface area contributed by atoms with Crippen molar-refractivity contribution >= 4 is 17.8 Å². The van der Waals surface area contributed by atoms with Crippen molar-refractivity contribution in [2.24, 2.45) is 4.99 Å². The Labute approximate surface area is 135 Å². The summed E-state index contributed by atoms with van der Waals surface area (Å²) >= 11 is 0. The summed E-state index contributed by atoms with van der Waals surface area (Å²) in [5, 5.41) is 7.51. The molecule has 2 aromatic heterocycles. The van der Waals surface area contributed by atoms with Gasteiger partial charge in [0.2, 0.25) is 5.88 Å². The first-order valence-electron chi connectivity index (χ1n) is 6.81. The van der Waals surface area contributed by atoms with Crippen molar-refractivity contribution in [2.45, 2.75) is 26.1 Å². The first kappa shape index (κ1) is 17.6. The zero-order valence-corrected chi connectivity index (χ0v) is 12.9. The summed E-state index contributed by atoms with van der Waals surface area (Å²) < 4.78 is 57.7. The second-order valence-electron chi connectivity index (χ2n) is 4.96. The van der Waals surface area contributed by atoms with E-state index in [1.807, 2.05) is 0 Å². The van der Waals surface area contributed by atoms with Crippen molar-refractivity contribution in [3.63, 3.8) is 0 Å². The van der Waals surface area contributed by atoms with Gasteiger partial charge in [-0.25, -0.2) is 13.9 Å². The van der Waals surface area contributed by atoms with Gasteiger partial charge in [0.15, 0.2) is 11.9 Å². The van der Waals surface area contributed by atoms with Gasteiger partial charge in [0.1, 0.15) is 0 Å². The Balaban J connectivity index is 2.29. The molecule has 0 bridgehead atoms. The van der Waals surface area contributed by atoms with Gasteiger partial charge in [-0.3, -0.25) is 0 Å². The van der Waals surface area contributed by atoms with E-state index in [1.54, 1.807) is 25.3 Å². The fourth-order valence-corrected chi connectivity index (χ4v) is 1.81. The Kier molecular flexibility index (Phi) is 5.01. The second kappa shape index (κ2) is 6.81. The number of aromatic nitrogens is 3. The Morgan fingerprint density at radius 2 is 2.17 bits per heavy atom. The maximum absolute atomic E-state index is 14.2. The summed E-state index contributed by atoms with van der Waals surface area (Å²) in [6.07, 6.45) is -2.65. The fraction of sp³-hybridized carbons (Fsp3) is 0.267. The number of halogens is 4. The lowest BCUT2D eigenvalue weighted by Gasteiger charge is -2.17. The number of ether oxygens (including phenoxy) is 1. The predicted octanol–water partition coefficient (Wildman–Crippen LogP) is 3.94. The van der Waals surface area contributed by atoms with E-state index in [9.17, 15) is 17.6 Å². The van der Waals surface area contributed by atoms with Crippen LogP contribution in [0.5, 0.6) is 0 Å². The highest BCUT2D eigenvalue weighted by atomic mass is 19.4. The lowest BCUT2D eigenvalue weighted by molar-refractivity contribution is -0.203. The molecule has 0 amide bonds. The summed E-state index contributed by atoms with van der Waals surface area (Å²) in [6.45, 7) is 5.40. The molecule has 0 fully saturated rings. The van der Waals surface area contributed by atoms with E-state index in [0.29, 0.717) is 16.7 Å². The minimum atomic E-state index is -4.63. The molecule has 0 aliphatic carbocycles. The number of alkyl halides is 3. The molecular weight excluding hydrogens is 328 g/mol. The van der Waals surface area contributed by atoms with Crippen LogP contribution < -0.4 is 0 Å². The van der Waals surface area contributed by atoms with Crippen LogP contribution in [0.3, 0.4) is 0 Å². The number of allylic oxidation sites excluding steroid dienone is 3. The first-order valence-corrected chi connectivity index (χ1v) is 6.81. The van der Waals surface area contributed by atoms with Crippen LogP contribution in [0.4, 0.5) is 17.6 Å². The lowest BCUT2D eigenvalue weighted by Crippen LogP contribution is -2.28. The van der Waals surface area contributed by atoms with E-state index in [4.69, 9.17) is 0 Å². The second-order valence-corrected chi connectivity index (χ2v) is 4.96. The molecule has 0 aliphatic heterocycles. The van der Waals surface area contributed by atoms with Crippen molar-refractivity contribution in [2.75, 3.05) is 0 Å². The maximum Gasteiger partial charge on any atom is 0.425 e. The summed E-state index contributed by atoms with van der Waals surface area (Å²) in [5.74, 6) is -1.86. The Morgan fingerprint density at radius 3 is 2.79 bits per heavy atom. The van der Waals surface area contributed by atoms with Gasteiger partial charge in [-0.2, -0.15) is 13.2 Å². The molecule has 1 atom stereocenters. The van der Waals surface area contributed by atoms with E-state index in [0.717, 1.165) is 13.0 Å². The monoisotopic (exact) mass is 342 g/mol. The van der Waals surface area contributed by atoms with Gasteiger partial charge in [-0.05, 0) is 49.9 Å². The fourth-order valence-electron chi connectivity index (χ4n) is 1.81. The third-order valence-corrected chi connectivity index (χ3v) is 3.20. The quantitative estimate of drug-likeness (QED) is 0.358. The number of fused-ring (bicyclic) bond motifs is 1. The molecule has 2 heterocycles. The maximum atomic E-state index is 14.2. The van der Waals surface area contributed by atoms with Gasteiger partial charge in [-0.15, -0.1) is 5.10 Å². The first-order chi connectivity index (χ1) is 11.2. The van der Waals surface area contributed by atoms with Crippen LogP contribution in [0, 0.1) is 0 Å². The van der Waals surface area contributed by atoms with Crippen molar-refractivity contribution < 1.29 is 22.3 Å². The smallest absolute Gasteiger partial charge is 0.425 e. The van der Waals surface area contributed by atoms with Crippen LogP contribution in [0.25, 0.3) is 11.1 Å². The average molecular weight is 342 g/mol. The van der Waals surface area contributed by atoms with Crippen LogP contribution in [0.15, 0.2) is 47.3 Å². The van der Waals surface area contributed by atoms with E-state index >= 15 is 0 Å². The number of aliphatic imine (C=N–C) groups is 1. The minimum Gasteiger partial charge on any atom is -0.463 e. The molecule has 24 heavy (non-hydrogen) atoms.